The summed E-state index contributed by atoms with van der Waals surface area (Å²) < 4.78 is 25.1. The largest absolute Gasteiger partial charge is 0.454 e. The Hall–Kier alpha value is -2.43. The molecule has 0 saturated carbocycles. The fourth-order valence-corrected chi connectivity index (χ4v) is 3.89. The quantitative estimate of drug-likeness (QED) is 0.786. The molecule has 2 atom stereocenters. The highest BCUT2D eigenvalue weighted by Crippen LogP contribution is 2.36. The van der Waals surface area contributed by atoms with Crippen LogP contribution in [0.15, 0.2) is 42.5 Å². The van der Waals surface area contributed by atoms with E-state index in [1.807, 2.05) is 24.3 Å². The van der Waals surface area contributed by atoms with Crippen molar-refractivity contribution in [3.63, 3.8) is 0 Å². The summed E-state index contributed by atoms with van der Waals surface area (Å²) in [6.45, 7) is 1.36. The summed E-state index contributed by atoms with van der Waals surface area (Å²) in [5.41, 5.74) is 2.32. The molecule has 0 bridgehead atoms. The molecule has 4 rings (SSSR count). The topological polar surface area (TPSA) is 38.5 Å². The molecule has 5 heteroatoms. The first kappa shape index (κ1) is 16.1. The van der Waals surface area contributed by atoms with Crippen molar-refractivity contribution < 1.29 is 18.6 Å². The van der Waals surface area contributed by atoms with Gasteiger partial charge in [0.05, 0.1) is 0 Å². The molecule has 2 aromatic carbocycles. The van der Waals surface area contributed by atoms with Gasteiger partial charge in [0.25, 0.3) is 0 Å². The molecule has 0 radical (unpaired) electrons. The Morgan fingerprint density at radius 2 is 1.88 bits per heavy atom. The Balaban J connectivity index is 1.47. The Kier molecular flexibility index (Phi) is 4.38. The van der Waals surface area contributed by atoms with Crippen molar-refractivity contribution in [1.29, 1.82) is 0 Å². The third kappa shape index (κ3) is 3.50. The first-order valence-electron chi connectivity index (χ1n) is 8.75. The van der Waals surface area contributed by atoms with Crippen LogP contribution in [0.4, 0.5) is 4.39 Å². The predicted octanol–water partition coefficient (Wildman–Crippen LogP) is 4.07. The summed E-state index contributed by atoms with van der Waals surface area (Å²) in [5, 5.41) is 0. The lowest BCUT2D eigenvalue weighted by Gasteiger charge is -2.27. The average Bonchev–Trinajstić information content (AvgIpc) is 3.09. The molecule has 25 heavy (non-hydrogen) atoms. The Labute approximate surface area is 146 Å². The second-order valence-electron chi connectivity index (χ2n) is 6.82. The van der Waals surface area contributed by atoms with Gasteiger partial charge in [-0.1, -0.05) is 18.2 Å². The normalized spacial score (nSPS) is 22.2. The van der Waals surface area contributed by atoms with Crippen LogP contribution in [0.5, 0.6) is 11.5 Å². The van der Waals surface area contributed by atoms with E-state index in [9.17, 15) is 9.30 Å². The number of fused-ring (bicyclic) bond motifs is 1. The van der Waals surface area contributed by atoms with Gasteiger partial charge in [0.1, 0.15) is 5.82 Å². The monoisotopic (exact) mass is 342 g/mol. The Bertz CT molecular complexity index is 775. The summed E-state index contributed by atoms with van der Waals surface area (Å²) in [5.74, 6) is 1.93. The van der Waals surface area contributed by atoms with E-state index in [4.69, 9.17) is 9.47 Å². The molecule has 1 fully saturated rings. The number of piperidine rings is 1. The van der Waals surface area contributed by atoms with Crippen LogP contribution in [-0.2, 0) is 6.42 Å². The molecule has 2 aliphatic heterocycles. The molecular weight excluding hydrogens is 321 g/mol. The minimum Gasteiger partial charge on any atom is -0.454 e. The number of hydrogen-bond donors (Lipinski definition) is 0. The Morgan fingerprint density at radius 1 is 1.08 bits per heavy atom. The molecule has 1 saturated heterocycles. The maximum atomic E-state index is 13.2. The van der Waals surface area contributed by atoms with Gasteiger partial charge >= 0.3 is 0 Å². The molecule has 2 aromatic rings. The number of hydrogen-bond acceptors (Lipinski definition) is 3. The van der Waals surface area contributed by atoms with Crippen LogP contribution >= 0.6 is 0 Å². The molecule has 130 valence electrons. The molecule has 2 aliphatic rings. The number of ether oxygens (including phenoxy) is 2. The minimum atomic E-state index is -0.220. The second kappa shape index (κ2) is 6.82. The van der Waals surface area contributed by atoms with Gasteiger partial charge in [-0.15, -0.1) is 0 Å². The van der Waals surface area contributed by atoms with Gasteiger partial charge in [-0.05, 0) is 58.9 Å². The minimum absolute atomic E-state index is 0.220. The fraction of sp³-hybridized carbons (Fsp3) is 0.400. The van der Waals surface area contributed by atoms with E-state index in [1.165, 1.54) is 17.7 Å². The highest BCUT2D eigenvalue weighted by molar-refractivity contribution is 5.44. The number of aryl methyl sites for hydroxylation is 1. The van der Waals surface area contributed by atoms with Gasteiger partial charge in [0, 0.05) is 17.2 Å². The molecule has 0 amide bonds. The van der Waals surface area contributed by atoms with Crippen LogP contribution in [0.1, 0.15) is 29.9 Å². The lowest BCUT2D eigenvalue weighted by Crippen LogP contribution is -2.32. The van der Waals surface area contributed by atoms with E-state index < -0.39 is 0 Å². The third-order valence-corrected chi connectivity index (χ3v) is 5.24. The first-order valence-corrected chi connectivity index (χ1v) is 8.75. The molecule has 0 aromatic heterocycles. The van der Waals surface area contributed by atoms with Gasteiger partial charge < -0.3 is 9.47 Å². The zero-order chi connectivity index (χ0) is 17.2. The fourth-order valence-electron chi connectivity index (χ4n) is 3.89. The lowest BCUT2D eigenvalue weighted by molar-refractivity contribution is -0.567. The molecular formula is C20H21FNO3+. The lowest BCUT2D eigenvalue weighted by atomic mass is 9.78. The summed E-state index contributed by atoms with van der Waals surface area (Å²) in [6, 6.07) is 12.7. The van der Waals surface area contributed by atoms with Crippen LogP contribution in [0.25, 0.3) is 0 Å². The zero-order valence-electron chi connectivity index (χ0n) is 14.0. The zero-order valence-corrected chi connectivity index (χ0v) is 14.0. The predicted molar refractivity (Wildman–Crippen MR) is 91.5 cm³/mol. The molecule has 0 N–H and O–H groups in total. The van der Waals surface area contributed by atoms with Crippen molar-refractivity contribution in [2.45, 2.75) is 25.2 Å². The van der Waals surface area contributed by atoms with Crippen LogP contribution in [0.2, 0.25) is 0 Å². The number of nitrogens with zero attached hydrogens (tertiary/aromatic N) is 1. The van der Waals surface area contributed by atoms with Crippen molar-refractivity contribution in [2.24, 2.45) is 5.92 Å². The van der Waals surface area contributed by atoms with Crippen molar-refractivity contribution >= 4 is 0 Å². The van der Waals surface area contributed by atoms with E-state index in [0.29, 0.717) is 19.0 Å². The maximum absolute atomic E-state index is 13.2. The molecule has 0 aliphatic carbocycles. The van der Waals surface area contributed by atoms with Gasteiger partial charge in [0.15, 0.2) is 24.6 Å². The highest BCUT2D eigenvalue weighted by atomic mass is 19.1. The smallest absolute Gasteiger partial charge is 0.231 e. The summed E-state index contributed by atoms with van der Waals surface area (Å²) in [6.07, 6.45) is 2.62. The van der Waals surface area contributed by atoms with Crippen LogP contribution < -0.4 is 9.47 Å². The molecule has 2 heterocycles. The van der Waals surface area contributed by atoms with Gasteiger partial charge in [-0.2, -0.15) is 0 Å². The highest BCUT2D eigenvalue weighted by Gasteiger charge is 2.34. The SMILES string of the molecule is O=[N+]1CC[C@@H](c2ccc(F)cc2)[C@H](CCc2ccc3c(c2)OCO3)C1. The standard InChI is InChI=1S/C20H21FNO3/c21-17-6-4-15(5-7-17)18-9-10-22(23)12-16(18)3-1-14-2-8-19-20(11-14)25-13-24-19/h2,4-8,11,16,18H,1,3,9-10,12-13H2/q+1/t16-,18+/m1/s1. The maximum Gasteiger partial charge on any atom is 0.231 e. The van der Waals surface area contributed by atoms with Crippen molar-refractivity contribution in [2.75, 3.05) is 19.9 Å². The van der Waals surface area contributed by atoms with Gasteiger partial charge in [-0.25, -0.2) is 4.39 Å². The number of benzene rings is 2. The Morgan fingerprint density at radius 3 is 2.72 bits per heavy atom. The van der Waals surface area contributed by atoms with Crippen LogP contribution in [0, 0.1) is 16.6 Å². The molecule has 4 nitrogen and oxygen atoms in total. The van der Waals surface area contributed by atoms with Crippen molar-refractivity contribution in [3.05, 3.63) is 64.3 Å². The number of rotatable bonds is 4. The molecule has 0 spiro atoms. The number of halogens is 1. The van der Waals surface area contributed by atoms with E-state index in [-0.39, 0.29) is 18.5 Å². The second-order valence-corrected chi connectivity index (χ2v) is 6.82. The number of nitroso groups, excluding NO2 is 1. The average molecular weight is 342 g/mol. The summed E-state index contributed by atoms with van der Waals surface area (Å²) >= 11 is 0. The summed E-state index contributed by atoms with van der Waals surface area (Å²) in [7, 11) is 0. The third-order valence-electron chi connectivity index (χ3n) is 5.24. The van der Waals surface area contributed by atoms with E-state index in [2.05, 4.69) is 6.07 Å². The van der Waals surface area contributed by atoms with Gasteiger partial charge in [0.2, 0.25) is 6.79 Å². The van der Waals surface area contributed by atoms with Crippen molar-refractivity contribution in [3.8, 4) is 11.5 Å². The first-order chi connectivity index (χ1) is 12.2. The van der Waals surface area contributed by atoms with Gasteiger partial charge in [-0.3, -0.25) is 0 Å². The van der Waals surface area contributed by atoms with E-state index in [0.717, 1.165) is 41.1 Å². The van der Waals surface area contributed by atoms with Crippen LogP contribution in [0.3, 0.4) is 0 Å². The van der Waals surface area contributed by atoms with E-state index >= 15 is 0 Å². The van der Waals surface area contributed by atoms with E-state index in [1.54, 1.807) is 0 Å². The summed E-state index contributed by atoms with van der Waals surface area (Å²) in [4.78, 5) is 11.9. The molecule has 0 unspecified atom stereocenters. The van der Waals surface area contributed by atoms with Crippen LogP contribution in [-0.4, -0.2) is 24.6 Å². The van der Waals surface area contributed by atoms with Crippen molar-refractivity contribution in [1.82, 2.24) is 0 Å².